The first-order valence-electron chi connectivity index (χ1n) is 6.82. The van der Waals surface area contributed by atoms with Gasteiger partial charge in [0.15, 0.2) is 0 Å². The summed E-state index contributed by atoms with van der Waals surface area (Å²) in [7, 11) is 1.98. The van der Waals surface area contributed by atoms with Crippen molar-refractivity contribution in [1.82, 2.24) is 5.32 Å². The van der Waals surface area contributed by atoms with Crippen LogP contribution in [0.5, 0.6) is 0 Å². The predicted molar refractivity (Wildman–Crippen MR) is 86.7 cm³/mol. The summed E-state index contributed by atoms with van der Waals surface area (Å²) in [5, 5.41) is 3.16. The molecule has 2 rings (SSSR count). The first-order chi connectivity index (χ1) is 9.78. The molecule has 0 unspecified atom stereocenters. The van der Waals surface area contributed by atoms with E-state index in [0.29, 0.717) is 13.2 Å². The Morgan fingerprint density at radius 2 is 1.65 bits per heavy atom. The van der Waals surface area contributed by atoms with Gasteiger partial charge < -0.3 is 10.1 Å². The Labute approximate surface area is 129 Å². The van der Waals surface area contributed by atoms with Crippen molar-refractivity contribution in [1.29, 1.82) is 0 Å². The molecule has 2 aromatic carbocycles. The van der Waals surface area contributed by atoms with Gasteiger partial charge in [0.2, 0.25) is 0 Å². The average Bonchev–Trinajstić information content (AvgIpc) is 2.46. The summed E-state index contributed by atoms with van der Waals surface area (Å²) < 4.78 is 6.84. The van der Waals surface area contributed by atoms with Crippen LogP contribution in [-0.2, 0) is 24.4 Å². The Balaban J connectivity index is 1.79. The number of likely N-dealkylation sites (N-methyl/N-ethyl adjacent to an activating group) is 1. The summed E-state index contributed by atoms with van der Waals surface area (Å²) >= 11 is 3.47. The predicted octanol–water partition coefficient (Wildman–Crippen LogP) is 3.93. The second-order valence-electron chi connectivity index (χ2n) is 4.79. The third kappa shape index (κ3) is 5.08. The van der Waals surface area contributed by atoms with Crippen LogP contribution in [0.15, 0.2) is 53.0 Å². The summed E-state index contributed by atoms with van der Waals surface area (Å²) in [4.78, 5) is 0. The first kappa shape index (κ1) is 15.2. The monoisotopic (exact) mass is 333 g/mol. The van der Waals surface area contributed by atoms with Crippen LogP contribution in [0.2, 0.25) is 0 Å². The van der Waals surface area contributed by atoms with Gasteiger partial charge in [-0.05, 0) is 48.8 Å². The van der Waals surface area contributed by atoms with Crippen LogP contribution in [0.4, 0.5) is 0 Å². The number of hydrogen-bond acceptors (Lipinski definition) is 2. The molecule has 0 aliphatic heterocycles. The molecule has 0 heterocycles. The van der Waals surface area contributed by atoms with Gasteiger partial charge >= 0.3 is 0 Å². The molecule has 1 N–H and O–H groups in total. The van der Waals surface area contributed by atoms with Gasteiger partial charge in [0.1, 0.15) is 0 Å². The highest BCUT2D eigenvalue weighted by Crippen LogP contribution is 2.13. The van der Waals surface area contributed by atoms with Gasteiger partial charge in [-0.25, -0.2) is 0 Å². The molecule has 0 atom stereocenters. The number of nitrogens with one attached hydrogen (secondary N) is 1. The number of halogens is 1. The summed E-state index contributed by atoms with van der Waals surface area (Å²) in [5.74, 6) is 0. The topological polar surface area (TPSA) is 21.3 Å². The lowest BCUT2D eigenvalue weighted by Gasteiger charge is -2.06. The minimum atomic E-state index is 0.640. The summed E-state index contributed by atoms with van der Waals surface area (Å²) in [5.41, 5.74) is 3.76. The second-order valence-corrected chi connectivity index (χ2v) is 5.71. The van der Waals surface area contributed by atoms with Crippen molar-refractivity contribution in [2.75, 3.05) is 13.6 Å². The molecule has 20 heavy (non-hydrogen) atoms. The van der Waals surface area contributed by atoms with Crippen molar-refractivity contribution in [2.24, 2.45) is 0 Å². The van der Waals surface area contributed by atoms with E-state index in [1.165, 1.54) is 16.7 Å². The standard InChI is InChI=1S/C17H20BrNO/c1-19-10-9-14-5-7-15(8-6-14)12-20-13-16-3-2-4-17(18)11-16/h2-8,11,19H,9-10,12-13H2,1H3. The van der Waals surface area contributed by atoms with E-state index in [1.54, 1.807) is 0 Å². The minimum Gasteiger partial charge on any atom is -0.372 e. The highest BCUT2D eigenvalue weighted by atomic mass is 79.9. The van der Waals surface area contributed by atoms with Gasteiger partial charge in [0.25, 0.3) is 0 Å². The van der Waals surface area contributed by atoms with E-state index in [2.05, 4.69) is 57.6 Å². The van der Waals surface area contributed by atoms with Gasteiger partial charge in [0.05, 0.1) is 13.2 Å². The van der Waals surface area contributed by atoms with E-state index in [9.17, 15) is 0 Å². The molecule has 106 valence electrons. The molecule has 0 radical (unpaired) electrons. The number of hydrogen-bond donors (Lipinski definition) is 1. The van der Waals surface area contributed by atoms with E-state index in [-0.39, 0.29) is 0 Å². The molecule has 0 aliphatic carbocycles. The highest BCUT2D eigenvalue weighted by molar-refractivity contribution is 9.10. The van der Waals surface area contributed by atoms with Crippen LogP contribution >= 0.6 is 15.9 Å². The molecule has 0 aromatic heterocycles. The number of benzene rings is 2. The summed E-state index contributed by atoms with van der Waals surface area (Å²) in [6, 6.07) is 16.8. The lowest BCUT2D eigenvalue weighted by molar-refractivity contribution is 0.107. The van der Waals surface area contributed by atoms with Crippen molar-refractivity contribution in [3.63, 3.8) is 0 Å². The Hall–Kier alpha value is -1.16. The van der Waals surface area contributed by atoms with Crippen LogP contribution < -0.4 is 5.32 Å². The highest BCUT2D eigenvalue weighted by Gasteiger charge is 1.97. The maximum absolute atomic E-state index is 5.75. The molecule has 3 heteroatoms. The normalized spacial score (nSPS) is 10.7. The molecule has 0 saturated heterocycles. The summed E-state index contributed by atoms with van der Waals surface area (Å²) in [6.45, 7) is 2.30. The van der Waals surface area contributed by atoms with Crippen molar-refractivity contribution < 1.29 is 4.74 Å². The lowest BCUT2D eigenvalue weighted by atomic mass is 10.1. The Morgan fingerprint density at radius 1 is 0.950 bits per heavy atom. The smallest absolute Gasteiger partial charge is 0.0721 e. The van der Waals surface area contributed by atoms with Crippen LogP contribution in [0, 0.1) is 0 Å². The largest absolute Gasteiger partial charge is 0.372 e. The van der Waals surface area contributed by atoms with Gasteiger partial charge in [-0.3, -0.25) is 0 Å². The van der Waals surface area contributed by atoms with Gasteiger partial charge in [-0.2, -0.15) is 0 Å². The van der Waals surface area contributed by atoms with Gasteiger partial charge in [-0.1, -0.05) is 52.3 Å². The van der Waals surface area contributed by atoms with Crippen molar-refractivity contribution in [2.45, 2.75) is 19.6 Å². The minimum absolute atomic E-state index is 0.640. The molecule has 0 aliphatic rings. The Morgan fingerprint density at radius 3 is 2.35 bits per heavy atom. The fourth-order valence-electron chi connectivity index (χ4n) is 1.98. The van der Waals surface area contributed by atoms with Crippen molar-refractivity contribution in [3.8, 4) is 0 Å². The molecule has 0 amide bonds. The zero-order chi connectivity index (χ0) is 14.2. The SMILES string of the molecule is CNCCc1ccc(COCc2cccc(Br)c2)cc1. The zero-order valence-corrected chi connectivity index (χ0v) is 13.3. The number of rotatable bonds is 7. The van der Waals surface area contributed by atoms with Crippen LogP contribution in [0.3, 0.4) is 0 Å². The summed E-state index contributed by atoms with van der Waals surface area (Å²) in [6.07, 6.45) is 1.07. The van der Waals surface area contributed by atoms with E-state index in [4.69, 9.17) is 4.74 Å². The zero-order valence-electron chi connectivity index (χ0n) is 11.7. The van der Waals surface area contributed by atoms with Gasteiger partial charge in [0, 0.05) is 4.47 Å². The van der Waals surface area contributed by atoms with Crippen molar-refractivity contribution >= 4 is 15.9 Å². The molecule has 0 bridgehead atoms. The molecule has 2 aromatic rings. The maximum Gasteiger partial charge on any atom is 0.0721 e. The maximum atomic E-state index is 5.75. The molecule has 0 saturated carbocycles. The van der Waals surface area contributed by atoms with E-state index < -0.39 is 0 Å². The van der Waals surface area contributed by atoms with Gasteiger partial charge in [-0.15, -0.1) is 0 Å². The second kappa shape index (κ2) is 8.20. The average molecular weight is 334 g/mol. The molecule has 2 nitrogen and oxygen atoms in total. The van der Waals surface area contributed by atoms with Crippen LogP contribution in [0.25, 0.3) is 0 Å². The molecular weight excluding hydrogens is 314 g/mol. The Kier molecular flexibility index (Phi) is 6.25. The third-order valence-corrected chi connectivity index (χ3v) is 3.61. The molecule has 0 fully saturated rings. The lowest BCUT2D eigenvalue weighted by Crippen LogP contribution is -2.10. The fraction of sp³-hybridized carbons (Fsp3) is 0.294. The molecule has 0 spiro atoms. The Bertz CT molecular complexity index is 525. The fourth-order valence-corrected chi connectivity index (χ4v) is 2.43. The van der Waals surface area contributed by atoms with E-state index in [1.807, 2.05) is 19.2 Å². The van der Waals surface area contributed by atoms with Crippen LogP contribution in [0.1, 0.15) is 16.7 Å². The quantitative estimate of drug-likeness (QED) is 0.828. The molecular formula is C17H20BrNO. The van der Waals surface area contributed by atoms with E-state index in [0.717, 1.165) is 17.4 Å². The third-order valence-electron chi connectivity index (χ3n) is 3.11. The first-order valence-corrected chi connectivity index (χ1v) is 7.62. The number of ether oxygens (including phenoxy) is 1. The van der Waals surface area contributed by atoms with Crippen molar-refractivity contribution in [3.05, 3.63) is 69.7 Å². The van der Waals surface area contributed by atoms with Crippen LogP contribution in [-0.4, -0.2) is 13.6 Å². The van der Waals surface area contributed by atoms with E-state index >= 15 is 0 Å².